The first kappa shape index (κ1) is 13.1. The number of hydrogen-bond donors (Lipinski definition) is 1. The van der Waals surface area contributed by atoms with Crippen molar-refractivity contribution in [3.63, 3.8) is 0 Å². The van der Waals surface area contributed by atoms with E-state index in [4.69, 9.17) is 0 Å². The first-order valence-electron chi connectivity index (χ1n) is 7.53. The van der Waals surface area contributed by atoms with Crippen LogP contribution in [0.1, 0.15) is 64.7 Å². The predicted molar refractivity (Wildman–Crippen MR) is 71.0 cm³/mol. The van der Waals surface area contributed by atoms with Crippen LogP contribution in [0.2, 0.25) is 0 Å². The van der Waals surface area contributed by atoms with Gasteiger partial charge in [-0.15, -0.1) is 0 Å². The summed E-state index contributed by atoms with van der Waals surface area (Å²) in [5, 5.41) is 3.40. The van der Waals surface area contributed by atoms with Gasteiger partial charge in [0.15, 0.2) is 0 Å². The molecular formula is C15H27NO. The molecule has 1 saturated heterocycles. The number of carbonyl (C=O) groups is 1. The Morgan fingerprint density at radius 3 is 2.41 bits per heavy atom. The van der Waals surface area contributed by atoms with Gasteiger partial charge in [0, 0.05) is 11.3 Å². The third-order valence-electron chi connectivity index (χ3n) is 4.79. The van der Waals surface area contributed by atoms with Gasteiger partial charge in [0.2, 0.25) is 0 Å². The van der Waals surface area contributed by atoms with Crippen molar-refractivity contribution in [1.29, 1.82) is 0 Å². The molecule has 0 radical (unpaired) electrons. The second-order valence-corrected chi connectivity index (χ2v) is 5.98. The Labute approximate surface area is 106 Å². The summed E-state index contributed by atoms with van der Waals surface area (Å²) < 4.78 is 0. The second kappa shape index (κ2) is 5.99. The standard InChI is InChI=1S/C15H27NO/c1-2-8-15(9-11-16-12-10-15)14(17)13-6-4-3-5-7-13/h13,16H,2-12H2,1H3. The highest BCUT2D eigenvalue weighted by molar-refractivity contribution is 5.87. The number of piperidine rings is 1. The Morgan fingerprint density at radius 2 is 1.82 bits per heavy atom. The van der Waals surface area contributed by atoms with Crippen molar-refractivity contribution >= 4 is 5.78 Å². The van der Waals surface area contributed by atoms with Crippen LogP contribution in [0.4, 0.5) is 0 Å². The molecule has 1 heterocycles. The summed E-state index contributed by atoms with van der Waals surface area (Å²) in [5.41, 5.74) is 0.0437. The molecule has 0 spiro atoms. The van der Waals surface area contributed by atoms with Gasteiger partial charge in [-0.25, -0.2) is 0 Å². The van der Waals surface area contributed by atoms with Crippen molar-refractivity contribution in [2.75, 3.05) is 13.1 Å². The number of ketones is 1. The fourth-order valence-corrected chi connectivity index (χ4v) is 3.80. The molecule has 2 nitrogen and oxygen atoms in total. The van der Waals surface area contributed by atoms with Crippen molar-refractivity contribution in [3.05, 3.63) is 0 Å². The normalized spacial score (nSPS) is 25.7. The third-order valence-corrected chi connectivity index (χ3v) is 4.79. The first-order chi connectivity index (χ1) is 8.28. The molecule has 0 atom stereocenters. The molecule has 2 heteroatoms. The van der Waals surface area contributed by atoms with E-state index in [9.17, 15) is 4.79 Å². The Bertz CT molecular complexity index is 244. The van der Waals surface area contributed by atoms with E-state index < -0.39 is 0 Å². The van der Waals surface area contributed by atoms with E-state index in [-0.39, 0.29) is 5.41 Å². The summed E-state index contributed by atoms with van der Waals surface area (Å²) in [7, 11) is 0. The minimum atomic E-state index is 0.0437. The van der Waals surface area contributed by atoms with Crippen LogP contribution in [0.15, 0.2) is 0 Å². The minimum absolute atomic E-state index is 0.0437. The van der Waals surface area contributed by atoms with E-state index in [2.05, 4.69) is 12.2 Å². The Balaban J connectivity index is 2.05. The van der Waals surface area contributed by atoms with E-state index in [0.717, 1.165) is 51.6 Å². The van der Waals surface area contributed by atoms with Crippen LogP contribution in [0, 0.1) is 11.3 Å². The van der Waals surface area contributed by atoms with Crippen LogP contribution >= 0.6 is 0 Å². The topological polar surface area (TPSA) is 29.1 Å². The smallest absolute Gasteiger partial charge is 0.142 e. The SMILES string of the molecule is CCCC1(C(=O)C2CCCCC2)CCNCC1. The fourth-order valence-electron chi connectivity index (χ4n) is 3.80. The van der Waals surface area contributed by atoms with Gasteiger partial charge in [0.05, 0.1) is 0 Å². The Kier molecular flexibility index (Phi) is 4.61. The number of rotatable bonds is 4. The highest BCUT2D eigenvalue weighted by atomic mass is 16.1. The zero-order chi connectivity index (χ0) is 12.1. The molecule has 98 valence electrons. The monoisotopic (exact) mass is 237 g/mol. The summed E-state index contributed by atoms with van der Waals surface area (Å²) >= 11 is 0. The lowest BCUT2D eigenvalue weighted by atomic mass is 9.66. The predicted octanol–water partition coefficient (Wildman–Crippen LogP) is 3.31. The molecule has 2 aliphatic rings. The summed E-state index contributed by atoms with van der Waals surface area (Å²) in [6, 6.07) is 0. The number of Topliss-reactive ketones (excluding diaryl/α,β-unsaturated/α-hetero) is 1. The highest BCUT2D eigenvalue weighted by Crippen LogP contribution is 2.40. The molecule has 1 aliphatic carbocycles. The lowest BCUT2D eigenvalue weighted by molar-refractivity contribution is -0.136. The summed E-state index contributed by atoms with van der Waals surface area (Å²) in [6.45, 7) is 4.30. The maximum absolute atomic E-state index is 12.8. The molecule has 2 fully saturated rings. The van der Waals surface area contributed by atoms with Crippen molar-refractivity contribution < 1.29 is 4.79 Å². The summed E-state index contributed by atoms with van der Waals surface area (Å²) in [5.74, 6) is 1.02. The van der Waals surface area contributed by atoms with Crippen molar-refractivity contribution in [2.24, 2.45) is 11.3 Å². The van der Waals surface area contributed by atoms with Gasteiger partial charge in [-0.2, -0.15) is 0 Å². The maximum atomic E-state index is 12.8. The van der Waals surface area contributed by atoms with Gasteiger partial charge in [0.1, 0.15) is 5.78 Å². The highest BCUT2D eigenvalue weighted by Gasteiger charge is 2.41. The lowest BCUT2D eigenvalue weighted by Crippen LogP contribution is -2.45. The van der Waals surface area contributed by atoms with Gasteiger partial charge >= 0.3 is 0 Å². The van der Waals surface area contributed by atoms with E-state index in [1.54, 1.807) is 0 Å². The van der Waals surface area contributed by atoms with Crippen LogP contribution in [0.3, 0.4) is 0 Å². The molecule has 0 aromatic carbocycles. The van der Waals surface area contributed by atoms with Crippen molar-refractivity contribution in [1.82, 2.24) is 5.32 Å². The molecule has 1 aliphatic heterocycles. The van der Waals surface area contributed by atoms with Crippen LogP contribution < -0.4 is 5.32 Å². The second-order valence-electron chi connectivity index (χ2n) is 5.98. The first-order valence-corrected chi connectivity index (χ1v) is 7.53. The largest absolute Gasteiger partial charge is 0.317 e. The zero-order valence-electron chi connectivity index (χ0n) is 11.3. The van der Waals surface area contributed by atoms with E-state index in [1.165, 1.54) is 19.3 Å². The van der Waals surface area contributed by atoms with E-state index in [0.29, 0.717) is 11.7 Å². The molecule has 1 saturated carbocycles. The molecule has 1 N–H and O–H groups in total. The summed E-state index contributed by atoms with van der Waals surface area (Å²) in [4.78, 5) is 12.8. The molecule has 17 heavy (non-hydrogen) atoms. The minimum Gasteiger partial charge on any atom is -0.317 e. The third kappa shape index (κ3) is 2.90. The van der Waals surface area contributed by atoms with Gasteiger partial charge in [0.25, 0.3) is 0 Å². The molecule has 2 rings (SSSR count). The van der Waals surface area contributed by atoms with Gasteiger partial charge in [-0.1, -0.05) is 32.6 Å². The maximum Gasteiger partial charge on any atom is 0.142 e. The molecule has 0 bridgehead atoms. The average Bonchev–Trinajstić information content (AvgIpc) is 2.40. The van der Waals surface area contributed by atoms with Gasteiger partial charge in [-0.3, -0.25) is 4.79 Å². The van der Waals surface area contributed by atoms with Crippen LogP contribution in [0.5, 0.6) is 0 Å². The Morgan fingerprint density at radius 1 is 1.18 bits per heavy atom. The average molecular weight is 237 g/mol. The summed E-state index contributed by atoms with van der Waals surface area (Å²) in [6.07, 6.45) is 10.6. The number of hydrogen-bond acceptors (Lipinski definition) is 2. The Hall–Kier alpha value is -0.370. The van der Waals surface area contributed by atoms with Crippen LogP contribution in [0.25, 0.3) is 0 Å². The van der Waals surface area contributed by atoms with Crippen LogP contribution in [-0.2, 0) is 4.79 Å². The van der Waals surface area contributed by atoms with Crippen molar-refractivity contribution in [3.8, 4) is 0 Å². The van der Waals surface area contributed by atoms with Gasteiger partial charge in [-0.05, 0) is 45.2 Å². The van der Waals surface area contributed by atoms with Gasteiger partial charge < -0.3 is 5.32 Å². The van der Waals surface area contributed by atoms with Crippen molar-refractivity contribution in [2.45, 2.75) is 64.7 Å². The van der Waals surface area contributed by atoms with E-state index >= 15 is 0 Å². The lowest BCUT2D eigenvalue weighted by Gasteiger charge is -2.39. The number of nitrogens with one attached hydrogen (secondary N) is 1. The molecule has 0 amide bonds. The fraction of sp³-hybridized carbons (Fsp3) is 0.933. The molecule has 0 aromatic rings. The molecule has 0 unspecified atom stereocenters. The molecular weight excluding hydrogens is 210 g/mol. The number of carbonyl (C=O) groups excluding carboxylic acids is 1. The zero-order valence-corrected chi connectivity index (χ0v) is 11.3. The van der Waals surface area contributed by atoms with Crippen LogP contribution in [-0.4, -0.2) is 18.9 Å². The quantitative estimate of drug-likeness (QED) is 0.813. The van der Waals surface area contributed by atoms with E-state index in [1.807, 2.05) is 0 Å². The molecule has 0 aromatic heterocycles.